The molecule has 146 valence electrons. The van der Waals surface area contributed by atoms with Crippen molar-refractivity contribution >= 4 is 5.91 Å². The van der Waals surface area contributed by atoms with Crippen LogP contribution >= 0.6 is 0 Å². The Balaban J connectivity index is 1.22. The van der Waals surface area contributed by atoms with E-state index < -0.39 is 0 Å². The lowest BCUT2D eigenvalue weighted by atomic mass is 9.48. The Labute approximate surface area is 163 Å². The van der Waals surface area contributed by atoms with Gasteiger partial charge in [0.25, 0.3) is 5.91 Å². The average Bonchev–Trinajstić information content (AvgIpc) is 3.14. The highest BCUT2D eigenvalue weighted by Gasteiger charge is 2.53. The Morgan fingerprint density at radius 1 is 1.04 bits per heavy atom. The summed E-state index contributed by atoms with van der Waals surface area (Å²) in [7, 11) is 0. The summed E-state index contributed by atoms with van der Waals surface area (Å²) < 4.78 is 0. The Morgan fingerprint density at radius 3 is 2.15 bits per heavy atom. The number of hydrogen-bond donors (Lipinski definition) is 1. The maximum Gasteiger partial charge on any atom is 0.251 e. The standard InChI is InChI=1S/C24H34N2O/c1-17(24-13-19-10-20(14-24)12-21(11-19)15-24)25-23(27)22-6-4-18(5-7-22)16-26-8-2-3-9-26/h4-7,17,19-21H,2-3,8-16H2,1H3,(H,25,27)/t17-,19?,20?,21?,24?/m1/s1. The molecule has 1 amide bonds. The van der Waals surface area contributed by atoms with Gasteiger partial charge in [-0.15, -0.1) is 0 Å². The van der Waals surface area contributed by atoms with Crippen molar-refractivity contribution in [1.29, 1.82) is 0 Å². The molecule has 5 aliphatic rings. The lowest BCUT2D eigenvalue weighted by Crippen LogP contribution is -2.55. The van der Waals surface area contributed by atoms with E-state index in [1.165, 1.54) is 70.0 Å². The minimum atomic E-state index is 0.117. The van der Waals surface area contributed by atoms with Gasteiger partial charge in [-0.2, -0.15) is 0 Å². The van der Waals surface area contributed by atoms with Crippen LogP contribution in [0.5, 0.6) is 0 Å². The third-order valence-electron chi connectivity index (χ3n) is 8.17. The van der Waals surface area contributed by atoms with Crippen molar-refractivity contribution in [2.24, 2.45) is 23.2 Å². The van der Waals surface area contributed by atoms with Crippen LogP contribution in [-0.2, 0) is 6.54 Å². The van der Waals surface area contributed by atoms with Gasteiger partial charge in [-0.1, -0.05) is 12.1 Å². The number of carbonyl (C=O) groups excluding carboxylic acids is 1. The number of carbonyl (C=O) groups is 1. The fourth-order valence-corrected chi connectivity index (χ4v) is 7.10. The Hall–Kier alpha value is -1.35. The molecule has 0 spiro atoms. The van der Waals surface area contributed by atoms with Crippen LogP contribution in [-0.4, -0.2) is 29.9 Å². The molecular weight excluding hydrogens is 332 g/mol. The minimum Gasteiger partial charge on any atom is -0.349 e. The number of benzene rings is 1. The topological polar surface area (TPSA) is 32.3 Å². The van der Waals surface area contributed by atoms with E-state index in [4.69, 9.17) is 0 Å². The maximum atomic E-state index is 12.9. The molecule has 0 aromatic heterocycles. The van der Waals surface area contributed by atoms with Gasteiger partial charge in [-0.3, -0.25) is 9.69 Å². The van der Waals surface area contributed by atoms with Gasteiger partial charge in [0.1, 0.15) is 0 Å². The molecule has 6 rings (SSSR count). The van der Waals surface area contributed by atoms with E-state index in [-0.39, 0.29) is 5.91 Å². The Bertz CT molecular complexity index is 654. The zero-order valence-corrected chi connectivity index (χ0v) is 16.8. The lowest BCUT2D eigenvalue weighted by molar-refractivity contribution is -0.0688. The van der Waals surface area contributed by atoms with Gasteiger partial charge in [-0.25, -0.2) is 0 Å². The molecule has 4 saturated carbocycles. The fraction of sp³-hybridized carbons (Fsp3) is 0.708. The van der Waals surface area contributed by atoms with Crippen molar-refractivity contribution in [1.82, 2.24) is 10.2 Å². The van der Waals surface area contributed by atoms with Gasteiger partial charge in [0, 0.05) is 18.2 Å². The van der Waals surface area contributed by atoms with Gasteiger partial charge in [0.15, 0.2) is 0 Å². The second-order valence-electron chi connectivity index (χ2n) is 10.2. The van der Waals surface area contributed by atoms with Crippen LogP contribution in [0.15, 0.2) is 24.3 Å². The zero-order valence-electron chi connectivity index (χ0n) is 16.8. The molecule has 1 atom stereocenters. The van der Waals surface area contributed by atoms with Gasteiger partial charge in [-0.05, 0) is 112 Å². The molecule has 27 heavy (non-hydrogen) atoms. The molecule has 0 unspecified atom stereocenters. The number of likely N-dealkylation sites (tertiary alicyclic amines) is 1. The highest BCUT2D eigenvalue weighted by molar-refractivity contribution is 5.94. The Kier molecular flexibility index (Phi) is 4.54. The lowest BCUT2D eigenvalue weighted by Gasteiger charge is -2.59. The number of rotatable bonds is 5. The van der Waals surface area contributed by atoms with Gasteiger partial charge in [0.2, 0.25) is 0 Å². The van der Waals surface area contributed by atoms with E-state index in [0.29, 0.717) is 11.5 Å². The minimum absolute atomic E-state index is 0.117. The van der Waals surface area contributed by atoms with Crippen LogP contribution in [0.3, 0.4) is 0 Å². The van der Waals surface area contributed by atoms with E-state index in [9.17, 15) is 4.79 Å². The van der Waals surface area contributed by atoms with E-state index in [1.807, 2.05) is 12.1 Å². The molecule has 1 aromatic rings. The van der Waals surface area contributed by atoms with Crippen molar-refractivity contribution in [2.75, 3.05) is 13.1 Å². The molecule has 1 N–H and O–H groups in total. The first kappa shape index (κ1) is 17.7. The normalized spacial score (nSPS) is 36.1. The summed E-state index contributed by atoms with van der Waals surface area (Å²) in [6.45, 7) is 5.72. The first-order valence-electron chi connectivity index (χ1n) is 11.2. The maximum absolute atomic E-state index is 12.9. The van der Waals surface area contributed by atoms with Gasteiger partial charge in [0.05, 0.1) is 0 Å². The zero-order chi connectivity index (χ0) is 18.4. The molecular formula is C24H34N2O. The summed E-state index contributed by atoms with van der Waals surface area (Å²) in [6.07, 6.45) is 11.0. The van der Waals surface area contributed by atoms with Crippen molar-refractivity contribution < 1.29 is 4.79 Å². The molecule has 1 saturated heterocycles. The van der Waals surface area contributed by atoms with Crippen LogP contribution < -0.4 is 5.32 Å². The predicted octanol–water partition coefficient (Wildman–Crippen LogP) is 4.62. The second-order valence-corrected chi connectivity index (χ2v) is 10.2. The molecule has 1 heterocycles. The van der Waals surface area contributed by atoms with Crippen molar-refractivity contribution in [3.05, 3.63) is 35.4 Å². The summed E-state index contributed by atoms with van der Waals surface area (Å²) in [5, 5.41) is 3.40. The smallest absolute Gasteiger partial charge is 0.251 e. The average molecular weight is 367 g/mol. The van der Waals surface area contributed by atoms with Crippen LogP contribution in [0.1, 0.15) is 74.2 Å². The summed E-state index contributed by atoms with van der Waals surface area (Å²) >= 11 is 0. The first-order valence-corrected chi connectivity index (χ1v) is 11.2. The molecule has 3 heteroatoms. The number of hydrogen-bond acceptors (Lipinski definition) is 2. The molecule has 5 fully saturated rings. The molecule has 3 nitrogen and oxygen atoms in total. The van der Waals surface area contributed by atoms with E-state index in [2.05, 4.69) is 29.3 Å². The number of nitrogens with one attached hydrogen (secondary N) is 1. The molecule has 1 aliphatic heterocycles. The largest absolute Gasteiger partial charge is 0.349 e. The van der Waals surface area contributed by atoms with Crippen molar-refractivity contribution in [3.8, 4) is 0 Å². The van der Waals surface area contributed by atoms with Crippen LogP contribution in [0.25, 0.3) is 0 Å². The quantitative estimate of drug-likeness (QED) is 0.825. The summed E-state index contributed by atoms with van der Waals surface area (Å²) in [6, 6.07) is 8.62. The first-order chi connectivity index (χ1) is 13.1. The number of nitrogens with zero attached hydrogens (tertiary/aromatic N) is 1. The summed E-state index contributed by atoms with van der Waals surface area (Å²) in [5.74, 6) is 2.91. The molecule has 1 aromatic carbocycles. The third kappa shape index (κ3) is 3.44. The van der Waals surface area contributed by atoms with Crippen molar-refractivity contribution in [3.63, 3.8) is 0 Å². The Morgan fingerprint density at radius 2 is 1.59 bits per heavy atom. The van der Waals surface area contributed by atoms with Gasteiger partial charge >= 0.3 is 0 Å². The summed E-state index contributed by atoms with van der Waals surface area (Å²) in [4.78, 5) is 15.4. The van der Waals surface area contributed by atoms with Crippen molar-refractivity contribution in [2.45, 2.75) is 70.9 Å². The fourth-order valence-electron chi connectivity index (χ4n) is 7.10. The van der Waals surface area contributed by atoms with E-state index in [1.54, 1.807) is 0 Å². The highest BCUT2D eigenvalue weighted by Crippen LogP contribution is 2.61. The monoisotopic (exact) mass is 366 g/mol. The highest BCUT2D eigenvalue weighted by atomic mass is 16.1. The van der Waals surface area contributed by atoms with Crippen LogP contribution in [0.2, 0.25) is 0 Å². The predicted molar refractivity (Wildman–Crippen MR) is 108 cm³/mol. The van der Waals surface area contributed by atoms with Crippen LogP contribution in [0.4, 0.5) is 0 Å². The summed E-state index contributed by atoms with van der Waals surface area (Å²) in [5.41, 5.74) is 2.51. The van der Waals surface area contributed by atoms with Crippen LogP contribution in [0, 0.1) is 23.2 Å². The SMILES string of the molecule is C[C@@H](NC(=O)c1ccc(CN2CCCC2)cc1)C12CC3CC(CC(C3)C1)C2. The third-order valence-corrected chi connectivity index (χ3v) is 8.17. The molecule has 0 radical (unpaired) electrons. The van der Waals surface area contributed by atoms with Gasteiger partial charge < -0.3 is 5.32 Å². The number of amides is 1. The second kappa shape index (κ2) is 6.92. The van der Waals surface area contributed by atoms with E-state index >= 15 is 0 Å². The molecule has 4 aliphatic carbocycles. The van der Waals surface area contributed by atoms with E-state index in [0.717, 1.165) is 29.9 Å². The molecule has 4 bridgehead atoms.